The van der Waals surface area contributed by atoms with Crippen molar-refractivity contribution >= 4 is 32.9 Å². The molecule has 0 radical (unpaired) electrons. The maximum Gasteiger partial charge on any atom is 0.227 e. The minimum absolute atomic E-state index is 0.0332. The number of benzene rings is 7. The third-order valence-corrected chi connectivity index (χ3v) is 9.83. The van der Waals surface area contributed by atoms with Gasteiger partial charge in [-0.3, -0.25) is 0 Å². The SMILES string of the molecule is CC(C)(C)c1cccc2nc(-c3ccc(-c4ccccc4-c4ccccc4-c4ccc(-n5c6ccccc6c6ccccc65)cc4)cc3)oc12. The average molecular weight is 645 g/mol. The molecule has 0 aliphatic heterocycles. The molecule has 9 rings (SSSR count). The molecule has 2 heterocycles. The molecule has 0 saturated heterocycles. The Morgan fingerprint density at radius 3 is 1.50 bits per heavy atom. The van der Waals surface area contributed by atoms with Gasteiger partial charge in [-0.05, 0) is 81.3 Å². The van der Waals surface area contributed by atoms with Crippen LogP contribution in [0.2, 0.25) is 0 Å². The summed E-state index contributed by atoms with van der Waals surface area (Å²) in [6.07, 6.45) is 0. The van der Waals surface area contributed by atoms with Gasteiger partial charge in [-0.15, -0.1) is 0 Å². The zero-order valence-corrected chi connectivity index (χ0v) is 28.4. The maximum atomic E-state index is 6.38. The first kappa shape index (κ1) is 29.9. The third kappa shape index (κ3) is 5.02. The molecule has 0 unspecified atom stereocenters. The Morgan fingerprint density at radius 2 is 0.940 bits per heavy atom. The van der Waals surface area contributed by atoms with Gasteiger partial charge in [-0.2, -0.15) is 0 Å². The number of hydrogen-bond acceptors (Lipinski definition) is 2. The number of fused-ring (bicyclic) bond motifs is 4. The molecule has 0 fully saturated rings. The largest absolute Gasteiger partial charge is 0.436 e. The molecule has 2 aromatic heterocycles. The van der Waals surface area contributed by atoms with E-state index in [0.29, 0.717) is 5.89 Å². The molecule has 0 N–H and O–H groups in total. The van der Waals surface area contributed by atoms with Gasteiger partial charge in [0.1, 0.15) is 5.52 Å². The minimum atomic E-state index is -0.0332. The lowest BCUT2D eigenvalue weighted by atomic mass is 9.86. The van der Waals surface area contributed by atoms with E-state index in [0.717, 1.165) is 27.9 Å². The number of rotatable bonds is 5. The van der Waals surface area contributed by atoms with Crippen molar-refractivity contribution in [3.05, 3.63) is 169 Å². The lowest BCUT2D eigenvalue weighted by molar-refractivity contribution is 0.561. The molecular formula is C47H36N2O. The van der Waals surface area contributed by atoms with Gasteiger partial charge in [0, 0.05) is 27.6 Å². The Bertz CT molecular complexity index is 2610. The summed E-state index contributed by atoms with van der Waals surface area (Å²) in [5, 5.41) is 2.54. The zero-order valence-electron chi connectivity index (χ0n) is 28.4. The summed E-state index contributed by atoms with van der Waals surface area (Å²) in [4.78, 5) is 4.85. The highest BCUT2D eigenvalue weighted by Crippen LogP contribution is 2.40. The molecule has 240 valence electrons. The van der Waals surface area contributed by atoms with E-state index in [9.17, 15) is 0 Å². The van der Waals surface area contributed by atoms with Crippen molar-refractivity contribution in [2.75, 3.05) is 0 Å². The number of hydrogen-bond donors (Lipinski definition) is 0. The molecule has 3 nitrogen and oxygen atoms in total. The normalized spacial score (nSPS) is 11.9. The number of aromatic nitrogens is 2. The predicted octanol–water partition coefficient (Wildman–Crippen LogP) is 12.9. The standard InChI is InChI=1S/C47H36N2O/c1-47(2,3)41-19-12-20-42-45(41)50-46(48-42)33-25-23-31(24-26-33)35-13-4-6-15-37(35)38-16-7-5-14-36(38)32-27-29-34(30-28-32)49-43-21-10-8-17-39(43)40-18-9-11-22-44(40)49/h4-30H,1-3H3. The van der Waals surface area contributed by atoms with E-state index in [1.165, 1.54) is 55.2 Å². The minimum Gasteiger partial charge on any atom is -0.436 e. The van der Waals surface area contributed by atoms with Crippen molar-refractivity contribution in [1.82, 2.24) is 9.55 Å². The van der Waals surface area contributed by atoms with Gasteiger partial charge in [0.2, 0.25) is 5.89 Å². The molecule has 7 aromatic carbocycles. The highest BCUT2D eigenvalue weighted by atomic mass is 16.3. The summed E-state index contributed by atoms with van der Waals surface area (Å²) >= 11 is 0. The number of para-hydroxylation sites is 3. The Hall–Kier alpha value is -6.19. The highest BCUT2D eigenvalue weighted by Gasteiger charge is 2.21. The molecule has 0 amide bonds. The van der Waals surface area contributed by atoms with Gasteiger partial charge in [0.05, 0.1) is 11.0 Å². The van der Waals surface area contributed by atoms with Crippen LogP contribution in [-0.4, -0.2) is 9.55 Å². The second-order valence-corrected chi connectivity index (χ2v) is 14.0. The average Bonchev–Trinajstić information content (AvgIpc) is 3.74. The molecule has 0 aliphatic carbocycles. The van der Waals surface area contributed by atoms with Gasteiger partial charge in [-0.25, -0.2) is 4.98 Å². The van der Waals surface area contributed by atoms with Crippen LogP contribution >= 0.6 is 0 Å². The van der Waals surface area contributed by atoms with E-state index in [1.807, 2.05) is 6.07 Å². The first-order chi connectivity index (χ1) is 24.4. The van der Waals surface area contributed by atoms with Gasteiger partial charge < -0.3 is 8.98 Å². The summed E-state index contributed by atoms with van der Waals surface area (Å²) in [7, 11) is 0. The number of nitrogens with zero attached hydrogens (tertiary/aromatic N) is 2. The van der Waals surface area contributed by atoms with Crippen molar-refractivity contribution in [2.24, 2.45) is 0 Å². The second kappa shape index (κ2) is 11.7. The summed E-state index contributed by atoms with van der Waals surface area (Å²) in [5.41, 5.74) is 14.5. The van der Waals surface area contributed by atoms with Crippen molar-refractivity contribution in [3.8, 4) is 50.5 Å². The van der Waals surface area contributed by atoms with Crippen LogP contribution in [-0.2, 0) is 5.41 Å². The molecule has 0 saturated carbocycles. The molecule has 9 aromatic rings. The van der Waals surface area contributed by atoms with Gasteiger partial charge >= 0.3 is 0 Å². The fourth-order valence-electron chi connectivity index (χ4n) is 7.39. The van der Waals surface area contributed by atoms with Crippen molar-refractivity contribution in [2.45, 2.75) is 26.2 Å². The van der Waals surface area contributed by atoms with Crippen LogP contribution < -0.4 is 0 Å². The van der Waals surface area contributed by atoms with E-state index in [4.69, 9.17) is 9.40 Å². The Labute approximate surface area is 292 Å². The maximum absolute atomic E-state index is 6.38. The summed E-state index contributed by atoms with van der Waals surface area (Å²) in [5.74, 6) is 0.645. The molecule has 0 spiro atoms. The van der Waals surface area contributed by atoms with Crippen LogP contribution in [0.1, 0.15) is 26.3 Å². The molecule has 3 heteroatoms. The van der Waals surface area contributed by atoms with Gasteiger partial charge in [-0.1, -0.05) is 142 Å². The van der Waals surface area contributed by atoms with Crippen LogP contribution in [0, 0.1) is 0 Å². The lowest BCUT2D eigenvalue weighted by Crippen LogP contribution is -2.10. The highest BCUT2D eigenvalue weighted by molar-refractivity contribution is 6.09. The molecular weight excluding hydrogens is 609 g/mol. The fourth-order valence-corrected chi connectivity index (χ4v) is 7.39. The zero-order chi connectivity index (χ0) is 33.8. The van der Waals surface area contributed by atoms with Crippen LogP contribution in [0.4, 0.5) is 0 Å². The van der Waals surface area contributed by atoms with E-state index in [1.54, 1.807) is 0 Å². The van der Waals surface area contributed by atoms with Crippen molar-refractivity contribution in [3.63, 3.8) is 0 Å². The summed E-state index contributed by atoms with van der Waals surface area (Å²) in [6, 6.07) is 58.5. The molecule has 0 atom stereocenters. The lowest BCUT2D eigenvalue weighted by Gasteiger charge is -2.18. The van der Waals surface area contributed by atoms with Crippen LogP contribution in [0.5, 0.6) is 0 Å². The molecule has 0 aliphatic rings. The van der Waals surface area contributed by atoms with E-state index in [2.05, 4.69) is 183 Å². The van der Waals surface area contributed by atoms with E-state index < -0.39 is 0 Å². The van der Waals surface area contributed by atoms with Crippen LogP contribution in [0.3, 0.4) is 0 Å². The first-order valence-corrected chi connectivity index (χ1v) is 17.2. The van der Waals surface area contributed by atoms with Crippen molar-refractivity contribution < 1.29 is 4.42 Å². The summed E-state index contributed by atoms with van der Waals surface area (Å²) in [6.45, 7) is 6.61. The van der Waals surface area contributed by atoms with E-state index in [-0.39, 0.29) is 5.41 Å². The Balaban J connectivity index is 1.07. The third-order valence-electron chi connectivity index (χ3n) is 9.83. The molecule has 50 heavy (non-hydrogen) atoms. The first-order valence-electron chi connectivity index (χ1n) is 17.2. The van der Waals surface area contributed by atoms with E-state index >= 15 is 0 Å². The van der Waals surface area contributed by atoms with Crippen LogP contribution in [0.25, 0.3) is 83.4 Å². The predicted molar refractivity (Wildman–Crippen MR) is 209 cm³/mol. The van der Waals surface area contributed by atoms with Gasteiger partial charge in [0.25, 0.3) is 0 Å². The summed E-state index contributed by atoms with van der Waals surface area (Å²) < 4.78 is 8.74. The fraction of sp³-hybridized carbons (Fsp3) is 0.0851. The molecule has 0 bridgehead atoms. The second-order valence-electron chi connectivity index (χ2n) is 14.0. The Morgan fingerprint density at radius 1 is 0.460 bits per heavy atom. The topological polar surface area (TPSA) is 31.0 Å². The van der Waals surface area contributed by atoms with Crippen molar-refractivity contribution in [1.29, 1.82) is 0 Å². The van der Waals surface area contributed by atoms with Gasteiger partial charge in [0.15, 0.2) is 5.58 Å². The monoisotopic (exact) mass is 644 g/mol. The smallest absolute Gasteiger partial charge is 0.227 e. The quantitative estimate of drug-likeness (QED) is 0.187. The Kier molecular flexibility index (Phi) is 7.03. The number of oxazole rings is 1. The van der Waals surface area contributed by atoms with Crippen LogP contribution in [0.15, 0.2) is 168 Å².